The highest BCUT2D eigenvalue weighted by Crippen LogP contribution is 2.04. The molecule has 134 valence electrons. The van der Waals surface area contributed by atoms with Crippen molar-refractivity contribution in [3.8, 4) is 0 Å². The Labute approximate surface area is 147 Å². The smallest absolute Gasteiger partial charge is 0.242 e. The number of halogens is 1. The fraction of sp³-hybridized carbons (Fsp3) is 0.438. The number of hydrogen-bond donors (Lipinski definition) is 4. The minimum atomic E-state index is -0.725. The maximum Gasteiger partial charge on any atom is 0.242 e. The van der Waals surface area contributed by atoms with Crippen molar-refractivity contribution in [2.24, 2.45) is 11.5 Å². The molecule has 7 nitrogen and oxygen atoms in total. The van der Waals surface area contributed by atoms with E-state index in [0.717, 1.165) is 5.56 Å². The maximum atomic E-state index is 12.2. The lowest BCUT2D eigenvalue weighted by molar-refractivity contribution is -0.129. The number of carbonyl (C=O) groups excluding carboxylic acids is 3. The zero-order valence-corrected chi connectivity index (χ0v) is 14.5. The van der Waals surface area contributed by atoms with Crippen LogP contribution in [-0.4, -0.2) is 36.3 Å². The van der Waals surface area contributed by atoms with Crippen LogP contribution in [-0.2, 0) is 20.8 Å². The SMILES string of the molecule is CC(N)CC(=O)NC(Cc1ccccc1)C(=O)NCCC(N)=O.Cl. The van der Waals surface area contributed by atoms with Crippen LogP contribution >= 0.6 is 12.4 Å². The molecule has 0 saturated carbocycles. The Hall–Kier alpha value is -2.12. The normalized spacial score (nSPS) is 12.4. The van der Waals surface area contributed by atoms with Crippen molar-refractivity contribution in [1.29, 1.82) is 0 Å². The standard InChI is InChI=1S/C16H24N4O3.ClH/c1-11(17)9-15(22)20-13(10-12-5-3-2-4-6-12)16(23)19-8-7-14(18)21;/h2-6,11,13H,7-10,17H2,1H3,(H2,18,21)(H,19,23)(H,20,22);1H. The van der Waals surface area contributed by atoms with Gasteiger partial charge in [0.05, 0.1) is 0 Å². The second-order valence-electron chi connectivity index (χ2n) is 5.50. The number of amides is 3. The molecule has 3 amide bonds. The van der Waals surface area contributed by atoms with Crippen LogP contribution in [0.2, 0.25) is 0 Å². The number of benzene rings is 1. The number of nitrogens with one attached hydrogen (secondary N) is 2. The van der Waals surface area contributed by atoms with E-state index in [-0.39, 0.29) is 49.6 Å². The molecule has 0 heterocycles. The lowest BCUT2D eigenvalue weighted by atomic mass is 10.0. The van der Waals surface area contributed by atoms with Crippen LogP contribution in [0, 0.1) is 0 Å². The van der Waals surface area contributed by atoms with Gasteiger partial charge in [0, 0.05) is 31.8 Å². The van der Waals surface area contributed by atoms with E-state index in [1.807, 2.05) is 30.3 Å². The third-order valence-electron chi connectivity index (χ3n) is 3.11. The van der Waals surface area contributed by atoms with Crippen molar-refractivity contribution in [2.45, 2.75) is 38.3 Å². The summed E-state index contributed by atoms with van der Waals surface area (Å²) in [5.41, 5.74) is 11.6. The van der Waals surface area contributed by atoms with Gasteiger partial charge < -0.3 is 22.1 Å². The summed E-state index contributed by atoms with van der Waals surface area (Å²) in [6.45, 7) is 1.86. The monoisotopic (exact) mass is 356 g/mol. The molecule has 2 atom stereocenters. The largest absolute Gasteiger partial charge is 0.370 e. The number of carbonyl (C=O) groups is 3. The minimum absolute atomic E-state index is 0. The molecule has 1 rings (SSSR count). The second kappa shape index (κ2) is 11.4. The van der Waals surface area contributed by atoms with Crippen LogP contribution in [0.5, 0.6) is 0 Å². The van der Waals surface area contributed by atoms with Crippen molar-refractivity contribution in [3.63, 3.8) is 0 Å². The predicted molar refractivity (Wildman–Crippen MR) is 94.4 cm³/mol. The van der Waals surface area contributed by atoms with Crippen molar-refractivity contribution < 1.29 is 14.4 Å². The Bertz CT molecular complexity index is 537. The van der Waals surface area contributed by atoms with Gasteiger partial charge in [-0.25, -0.2) is 0 Å². The molecule has 0 aliphatic heterocycles. The van der Waals surface area contributed by atoms with E-state index in [4.69, 9.17) is 11.5 Å². The highest BCUT2D eigenvalue weighted by atomic mass is 35.5. The molecule has 0 spiro atoms. The molecule has 0 radical (unpaired) electrons. The van der Waals surface area contributed by atoms with E-state index in [1.165, 1.54) is 0 Å². The highest BCUT2D eigenvalue weighted by molar-refractivity contribution is 5.88. The molecular formula is C16H25ClN4O3. The highest BCUT2D eigenvalue weighted by Gasteiger charge is 2.21. The first-order chi connectivity index (χ1) is 10.9. The zero-order valence-electron chi connectivity index (χ0n) is 13.7. The van der Waals surface area contributed by atoms with Crippen molar-refractivity contribution in [1.82, 2.24) is 10.6 Å². The lowest BCUT2D eigenvalue weighted by Crippen LogP contribution is -2.49. The number of nitrogens with two attached hydrogens (primary N) is 2. The van der Waals surface area contributed by atoms with Crippen LogP contribution in [0.1, 0.15) is 25.3 Å². The van der Waals surface area contributed by atoms with E-state index in [0.29, 0.717) is 6.42 Å². The topological polar surface area (TPSA) is 127 Å². The Morgan fingerprint density at radius 1 is 1.17 bits per heavy atom. The fourth-order valence-corrected chi connectivity index (χ4v) is 2.04. The Morgan fingerprint density at radius 3 is 2.33 bits per heavy atom. The van der Waals surface area contributed by atoms with Gasteiger partial charge in [0.2, 0.25) is 17.7 Å². The zero-order chi connectivity index (χ0) is 17.2. The Morgan fingerprint density at radius 2 is 1.79 bits per heavy atom. The van der Waals surface area contributed by atoms with Gasteiger partial charge in [-0.15, -0.1) is 12.4 Å². The maximum absolute atomic E-state index is 12.2. The van der Waals surface area contributed by atoms with Gasteiger partial charge in [-0.2, -0.15) is 0 Å². The average molecular weight is 357 g/mol. The molecule has 24 heavy (non-hydrogen) atoms. The van der Waals surface area contributed by atoms with Crippen LogP contribution in [0.4, 0.5) is 0 Å². The lowest BCUT2D eigenvalue weighted by Gasteiger charge is -2.19. The summed E-state index contributed by atoms with van der Waals surface area (Å²) in [7, 11) is 0. The molecule has 0 aromatic heterocycles. The number of primary amides is 1. The first kappa shape index (κ1) is 21.9. The predicted octanol–water partition coefficient (Wildman–Crippen LogP) is -0.135. The summed E-state index contributed by atoms with van der Waals surface area (Å²) in [5.74, 6) is -1.13. The molecule has 2 unspecified atom stereocenters. The molecule has 1 aromatic rings. The van der Waals surface area contributed by atoms with E-state index in [1.54, 1.807) is 6.92 Å². The Kier molecular flexibility index (Phi) is 10.4. The van der Waals surface area contributed by atoms with Gasteiger partial charge in [0.15, 0.2) is 0 Å². The van der Waals surface area contributed by atoms with Crippen LogP contribution in [0.3, 0.4) is 0 Å². The van der Waals surface area contributed by atoms with Crippen LogP contribution in [0.15, 0.2) is 30.3 Å². The fourth-order valence-electron chi connectivity index (χ4n) is 2.04. The van der Waals surface area contributed by atoms with Crippen molar-refractivity contribution in [2.75, 3.05) is 6.54 Å². The molecule has 0 fully saturated rings. The van der Waals surface area contributed by atoms with Crippen molar-refractivity contribution >= 4 is 30.1 Å². The van der Waals surface area contributed by atoms with Crippen LogP contribution in [0.25, 0.3) is 0 Å². The van der Waals surface area contributed by atoms with Gasteiger partial charge >= 0.3 is 0 Å². The summed E-state index contributed by atoms with van der Waals surface area (Å²) in [6.07, 6.45) is 0.547. The third-order valence-corrected chi connectivity index (χ3v) is 3.11. The number of hydrogen-bond acceptors (Lipinski definition) is 4. The molecule has 0 aliphatic rings. The molecule has 0 aliphatic carbocycles. The molecular weight excluding hydrogens is 332 g/mol. The summed E-state index contributed by atoms with van der Waals surface area (Å²) in [4.78, 5) is 34.9. The second-order valence-corrected chi connectivity index (χ2v) is 5.50. The first-order valence-corrected chi connectivity index (χ1v) is 7.53. The molecule has 0 saturated heterocycles. The summed E-state index contributed by atoms with van der Waals surface area (Å²) in [6, 6.07) is 8.34. The molecule has 6 N–H and O–H groups in total. The van der Waals surface area contributed by atoms with E-state index in [2.05, 4.69) is 10.6 Å². The number of rotatable bonds is 9. The summed E-state index contributed by atoms with van der Waals surface area (Å²) >= 11 is 0. The van der Waals surface area contributed by atoms with E-state index >= 15 is 0 Å². The average Bonchev–Trinajstić information content (AvgIpc) is 2.46. The van der Waals surface area contributed by atoms with Gasteiger partial charge in [-0.05, 0) is 12.5 Å². The van der Waals surface area contributed by atoms with Gasteiger partial charge in [-0.3, -0.25) is 14.4 Å². The van der Waals surface area contributed by atoms with Gasteiger partial charge in [0.25, 0.3) is 0 Å². The van der Waals surface area contributed by atoms with Gasteiger partial charge in [-0.1, -0.05) is 30.3 Å². The van der Waals surface area contributed by atoms with Gasteiger partial charge in [0.1, 0.15) is 6.04 Å². The summed E-state index contributed by atoms with van der Waals surface area (Å²) < 4.78 is 0. The van der Waals surface area contributed by atoms with E-state index < -0.39 is 11.9 Å². The van der Waals surface area contributed by atoms with Crippen LogP contribution < -0.4 is 22.1 Å². The van der Waals surface area contributed by atoms with Crippen molar-refractivity contribution in [3.05, 3.63) is 35.9 Å². The van der Waals surface area contributed by atoms with E-state index in [9.17, 15) is 14.4 Å². The Balaban J connectivity index is 0.00000529. The molecule has 8 heteroatoms. The third kappa shape index (κ3) is 9.12. The molecule has 0 bridgehead atoms. The summed E-state index contributed by atoms with van der Waals surface area (Å²) in [5, 5.41) is 5.29. The molecule has 1 aromatic carbocycles. The quantitative estimate of drug-likeness (QED) is 0.491. The first-order valence-electron chi connectivity index (χ1n) is 7.53. The minimum Gasteiger partial charge on any atom is -0.370 e.